The summed E-state index contributed by atoms with van der Waals surface area (Å²) in [6, 6.07) is 5.45. The van der Waals surface area contributed by atoms with Crippen LogP contribution in [0, 0.1) is 0 Å². The van der Waals surface area contributed by atoms with E-state index >= 15 is 0 Å². The molecule has 3 rings (SSSR count). The number of nitrogen functional groups attached to an aromatic ring is 1. The Hall–Kier alpha value is -2.04. The number of fused-ring (bicyclic) bond motifs is 1. The zero-order valence-corrected chi connectivity index (χ0v) is 12.2. The van der Waals surface area contributed by atoms with Crippen molar-refractivity contribution in [1.82, 2.24) is 9.80 Å². The summed E-state index contributed by atoms with van der Waals surface area (Å²) in [4.78, 5) is 28.3. The molecular weight excluding hydrogens is 266 g/mol. The molecule has 2 heterocycles. The molecule has 0 radical (unpaired) electrons. The van der Waals surface area contributed by atoms with Crippen LogP contribution in [0.1, 0.15) is 35.2 Å². The Labute approximate surface area is 124 Å². The maximum atomic E-state index is 12.5. The largest absolute Gasteiger partial charge is 0.399 e. The maximum Gasteiger partial charge on any atom is 0.254 e. The second-order valence-electron chi connectivity index (χ2n) is 5.83. The van der Waals surface area contributed by atoms with E-state index in [9.17, 15) is 9.59 Å². The van der Waals surface area contributed by atoms with E-state index in [1.165, 1.54) is 6.42 Å². The Balaban J connectivity index is 1.70. The lowest BCUT2D eigenvalue weighted by atomic mass is 9.98. The van der Waals surface area contributed by atoms with Gasteiger partial charge in [-0.05, 0) is 43.4 Å². The van der Waals surface area contributed by atoms with Crippen molar-refractivity contribution in [1.29, 1.82) is 0 Å². The minimum atomic E-state index is -0.0751. The molecule has 1 aromatic carbocycles. The van der Waals surface area contributed by atoms with E-state index in [1.807, 2.05) is 17.0 Å². The van der Waals surface area contributed by atoms with Gasteiger partial charge < -0.3 is 15.5 Å². The first-order valence-electron chi connectivity index (χ1n) is 7.60. The summed E-state index contributed by atoms with van der Waals surface area (Å²) in [5.41, 5.74) is 8.02. The Morgan fingerprint density at radius 1 is 1.14 bits per heavy atom. The monoisotopic (exact) mass is 287 g/mol. The van der Waals surface area contributed by atoms with Crippen LogP contribution in [0.15, 0.2) is 18.2 Å². The van der Waals surface area contributed by atoms with E-state index in [1.54, 1.807) is 11.0 Å². The molecule has 112 valence electrons. The van der Waals surface area contributed by atoms with Crippen LogP contribution in [0.25, 0.3) is 0 Å². The minimum Gasteiger partial charge on any atom is -0.399 e. The average molecular weight is 287 g/mol. The zero-order valence-electron chi connectivity index (χ0n) is 12.2. The topological polar surface area (TPSA) is 66.6 Å². The summed E-state index contributed by atoms with van der Waals surface area (Å²) in [6.45, 7) is 2.44. The SMILES string of the molecule is Nc1ccc2c(c1)C(=O)N(CC(=O)N1CCCCC1)CC2. The van der Waals surface area contributed by atoms with Crippen LogP contribution in [0.4, 0.5) is 5.69 Å². The van der Waals surface area contributed by atoms with Crippen LogP contribution in [0.2, 0.25) is 0 Å². The predicted molar refractivity (Wildman–Crippen MR) is 80.9 cm³/mol. The molecule has 0 aliphatic carbocycles. The van der Waals surface area contributed by atoms with Gasteiger partial charge in [0.15, 0.2) is 0 Å². The molecule has 5 nitrogen and oxygen atoms in total. The van der Waals surface area contributed by atoms with Gasteiger partial charge in [-0.2, -0.15) is 0 Å². The van der Waals surface area contributed by atoms with Crippen LogP contribution in [-0.2, 0) is 11.2 Å². The maximum absolute atomic E-state index is 12.5. The van der Waals surface area contributed by atoms with Crippen LogP contribution in [0.3, 0.4) is 0 Å². The summed E-state index contributed by atoms with van der Waals surface area (Å²) < 4.78 is 0. The normalized spacial score (nSPS) is 18.6. The number of benzene rings is 1. The third-order valence-corrected chi connectivity index (χ3v) is 4.34. The lowest BCUT2D eigenvalue weighted by Crippen LogP contribution is -2.46. The molecule has 1 aromatic rings. The van der Waals surface area contributed by atoms with Crippen LogP contribution in [-0.4, -0.2) is 47.8 Å². The van der Waals surface area contributed by atoms with Gasteiger partial charge in [0.2, 0.25) is 5.91 Å². The highest BCUT2D eigenvalue weighted by Gasteiger charge is 2.27. The molecule has 2 aliphatic heterocycles. The average Bonchev–Trinajstić information content (AvgIpc) is 2.51. The van der Waals surface area contributed by atoms with E-state index in [2.05, 4.69) is 0 Å². The number of nitrogens with zero attached hydrogens (tertiary/aromatic N) is 2. The minimum absolute atomic E-state index is 0.0652. The number of amides is 2. The van der Waals surface area contributed by atoms with Crippen molar-refractivity contribution >= 4 is 17.5 Å². The van der Waals surface area contributed by atoms with E-state index < -0.39 is 0 Å². The van der Waals surface area contributed by atoms with Gasteiger partial charge in [-0.3, -0.25) is 9.59 Å². The number of hydrogen-bond acceptors (Lipinski definition) is 3. The van der Waals surface area contributed by atoms with Gasteiger partial charge in [-0.15, -0.1) is 0 Å². The van der Waals surface area contributed by atoms with Crippen LogP contribution < -0.4 is 5.73 Å². The molecule has 0 spiro atoms. The van der Waals surface area contributed by atoms with Crippen LogP contribution in [0.5, 0.6) is 0 Å². The summed E-state index contributed by atoms with van der Waals surface area (Å²) in [5, 5.41) is 0. The molecule has 2 aliphatic rings. The van der Waals surface area contributed by atoms with Crippen molar-refractivity contribution in [3.63, 3.8) is 0 Å². The van der Waals surface area contributed by atoms with Crippen LogP contribution >= 0.6 is 0 Å². The number of piperidine rings is 1. The number of nitrogens with two attached hydrogens (primary N) is 1. The molecule has 2 amide bonds. The second-order valence-corrected chi connectivity index (χ2v) is 5.83. The van der Waals surface area contributed by atoms with E-state index in [4.69, 9.17) is 5.73 Å². The van der Waals surface area contributed by atoms with Crippen molar-refractivity contribution in [2.24, 2.45) is 0 Å². The Kier molecular flexibility index (Phi) is 3.82. The molecular formula is C16H21N3O2. The van der Waals surface area contributed by atoms with Gasteiger partial charge >= 0.3 is 0 Å². The number of rotatable bonds is 2. The van der Waals surface area contributed by atoms with Gasteiger partial charge in [0, 0.05) is 30.9 Å². The summed E-state index contributed by atoms with van der Waals surface area (Å²) in [5.74, 6) is -0.00990. The van der Waals surface area contributed by atoms with E-state index in [-0.39, 0.29) is 18.4 Å². The number of likely N-dealkylation sites (tertiary alicyclic amines) is 1. The molecule has 21 heavy (non-hydrogen) atoms. The number of hydrogen-bond donors (Lipinski definition) is 1. The third-order valence-electron chi connectivity index (χ3n) is 4.34. The molecule has 0 unspecified atom stereocenters. The van der Waals surface area contributed by atoms with Crippen molar-refractivity contribution in [2.75, 3.05) is 31.9 Å². The molecule has 0 atom stereocenters. The van der Waals surface area contributed by atoms with E-state index in [0.717, 1.165) is 37.9 Å². The Bertz CT molecular complexity index is 565. The zero-order chi connectivity index (χ0) is 14.8. The number of carbonyl (C=O) groups excluding carboxylic acids is 2. The van der Waals surface area contributed by atoms with Crippen molar-refractivity contribution in [2.45, 2.75) is 25.7 Å². The lowest BCUT2D eigenvalue weighted by molar-refractivity contribution is -0.132. The first-order chi connectivity index (χ1) is 10.1. The number of anilines is 1. The first kappa shape index (κ1) is 13.9. The molecule has 1 fully saturated rings. The highest BCUT2D eigenvalue weighted by molar-refractivity contribution is 5.99. The first-order valence-corrected chi connectivity index (χ1v) is 7.60. The summed E-state index contributed by atoms with van der Waals surface area (Å²) >= 11 is 0. The third kappa shape index (κ3) is 2.86. The quantitative estimate of drug-likeness (QED) is 0.833. The Morgan fingerprint density at radius 3 is 2.67 bits per heavy atom. The molecule has 5 heteroatoms. The van der Waals surface area contributed by atoms with Gasteiger partial charge in [0.25, 0.3) is 5.91 Å². The fourth-order valence-corrected chi connectivity index (χ4v) is 3.10. The molecule has 0 bridgehead atoms. The van der Waals surface area contributed by atoms with Gasteiger partial charge in [0.1, 0.15) is 6.54 Å². The van der Waals surface area contributed by atoms with Gasteiger partial charge in [-0.25, -0.2) is 0 Å². The highest BCUT2D eigenvalue weighted by atomic mass is 16.2. The standard InChI is InChI=1S/C16H21N3O2/c17-13-5-4-12-6-9-19(16(21)14(12)10-13)11-15(20)18-7-2-1-3-8-18/h4-5,10H,1-3,6-9,11,17H2. The summed E-state index contributed by atoms with van der Waals surface area (Å²) in [6.07, 6.45) is 4.12. The highest BCUT2D eigenvalue weighted by Crippen LogP contribution is 2.21. The van der Waals surface area contributed by atoms with Crippen molar-refractivity contribution in [3.05, 3.63) is 29.3 Å². The molecule has 0 aromatic heterocycles. The fraction of sp³-hybridized carbons (Fsp3) is 0.500. The predicted octanol–water partition coefficient (Wildman–Crippen LogP) is 1.28. The summed E-state index contributed by atoms with van der Waals surface area (Å²) in [7, 11) is 0. The van der Waals surface area contributed by atoms with Crippen molar-refractivity contribution < 1.29 is 9.59 Å². The van der Waals surface area contributed by atoms with Gasteiger partial charge in [-0.1, -0.05) is 6.07 Å². The lowest BCUT2D eigenvalue weighted by Gasteiger charge is -2.32. The molecule has 0 saturated carbocycles. The van der Waals surface area contributed by atoms with Crippen molar-refractivity contribution in [3.8, 4) is 0 Å². The smallest absolute Gasteiger partial charge is 0.254 e. The van der Waals surface area contributed by atoms with E-state index in [0.29, 0.717) is 17.8 Å². The fourth-order valence-electron chi connectivity index (χ4n) is 3.10. The molecule has 2 N–H and O–H groups in total. The molecule has 1 saturated heterocycles. The second kappa shape index (κ2) is 5.76. The number of carbonyl (C=O) groups is 2. The Morgan fingerprint density at radius 2 is 1.90 bits per heavy atom. The van der Waals surface area contributed by atoms with Gasteiger partial charge in [0.05, 0.1) is 0 Å².